The summed E-state index contributed by atoms with van der Waals surface area (Å²) >= 11 is 0. The Kier molecular flexibility index (Phi) is 7.37. The van der Waals surface area contributed by atoms with Crippen LogP contribution in [0.25, 0.3) is 0 Å². The van der Waals surface area contributed by atoms with Crippen molar-refractivity contribution in [2.75, 3.05) is 29.8 Å². The third-order valence-corrected chi connectivity index (χ3v) is 7.03. The number of nitrogens with one attached hydrogen (secondary N) is 1. The molecule has 0 aliphatic carbocycles. The van der Waals surface area contributed by atoms with Crippen molar-refractivity contribution in [3.63, 3.8) is 0 Å². The normalized spacial score (nSPS) is 13.2. The van der Waals surface area contributed by atoms with E-state index in [0.29, 0.717) is 26.0 Å². The number of fused-ring (bicyclic) bond motifs is 1. The molecule has 0 saturated heterocycles. The largest absolute Gasteiger partial charge is 0.493 e. The molecule has 1 N–H and O–H groups in total. The number of sulfonamides is 1. The molecule has 1 aliphatic heterocycles. The van der Waals surface area contributed by atoms with Gasteiger partial charge in [0.05, 0.1) is 18.0 Å². The predicted octanol–water partition coefficient (Wildman–Crippen LogP) is 3.36. The van der Waals surface area contributed by atoms with Crippen LogP contribution < -0.4 is 14.4 Å². The van der Waals surface area contributed by atoms with E-state index in [0.717, 1.165) is 41.0 Å². The summed E-state index contributed by atoms with van der Waals surface area (Å²) in [7, 11) is -3.44. The first kappa shape index (κ1) is 22.2. The van der Waals surface area contributed by atoms with Gasteiger partial charge in [-0.2, -0.15) is 0 Å². The maximum Gasteiger partial charge on any atom is 0.236 e. The van der Waals surface area contributed by atoms with E-state index in [1.807, 2.05) is 50.2 Å². The Morgan fingerprint density at radius 2 is 1.93 bits per heavy atom. The van der Waals surface area contributed by atoms with E-state index in [1.54, 1.807) is 0 Å². The maximum atomic E-state index is 12.6. The number of rotatable bonds is 10. The molecular formula is C23H30N2O4S. The smallest absolute Gasteiger partial charge is 0.236 e. The molecule has 1 amide bonds. The van der Waals surface area contributed by atoms with Gasteiger partial charge in [-0.1, -0.05) is 30.3 Å². The highest BCUT2D eigenvalue weighted by atomic mass is 32.2. The van der Waals surface area contributed by atoms with Crippen LogP contribution in [-0.2, 0) is 21.2 Å². The minimum atomic E-state index is -3.44. The second kappa shape index (κ2) is 9.98. The molecule has 162 valence electrons. The fourth-order valence-electron chi connectivity index (χ4n) is 3.55. The summed E-state index contributed by atoms with van der Waals surface area (Å²) in [6, 6.07) is 13.7. The summed E-state index contributed by atoms with van der Waals surface area (Å²) in [6.07, 6.45) is 2.56. The van der Waals surface area contributed by atoms with Crippen molar-refractivity contribution >= 4 is 21.6 Å². The maximum absolute atomic E-state index is 12.6. The minimum absolute atomic E-state index is 0.0944. The fourth-order valence-corrected chi connectivity index (χ4v) is 4.98. The first-order valence-electron chi connectivity index (χ1n) is 10.4. The number of carbonyl (C=O) groups excluding carboxylic acids is 1. The number of para-hydroxylation sites is 1. The monoisotopic (exact) mass is 430 g/mol. The molecule has 6 nitrogen and oxygen atoms in total. The zero-order chi connectivity index (χ0) is 21.6. The van der Waals surface area contributed by atoms with E-state index in [1.165, 1.54) is 4.31 Å². The number of amides is 1. The van der Waals surface area contributed by atoms with Crippen LogP contribution in [0.4, 0.5) is 5.69 Å². The molecule has 0 bridgehead atoms. The fraction of sp³-hybridized carbons (Fsp3) is 0.435. The molecule has 3 rings (SSSR count). The Balaban J connectivity index is 1.34. The van der Waals surface area contributed by atoms with Crippen LogP contribution in [0.15, 0.2) is 42.5 Å². The van der Waals surface area contributed by atoms with Gasteiger partial charge in [0.1, 0.15) is 5.75 Å². The Bertz CT molecular complexity index is 988. The molecule has 1 aliphatic rings. The lowest BCUT2D eigenvalue weighted by molar-refractivity contribution is -0.121. The van der Waals surface area contributed by atoms with Gasteiger partial charge in [-0.05, 0) is 61.9 Å². The number of hydrogen-bond donors (Lipinski definition) is 1. The lowest BCUT2D eigenvalue weighted by atomic mass is 10.1. The number of carbonyl (C=O) groups is 1. The summed E-state index contributed by atoms with van der Waals surface area (Å²) in [6.45, 7) is 5.19. The van der Waals surface area contributed by atoms with Gasteiger partial charge in [-0.25, -0.2) is 8.42 Å². The van der Waals surface area contributed by atoms with Crippen molar-refractivity contribution in [2.45, 2.75) is 39.5 Å². The minimum Gasteiger partial charge on any atom is -0.493 e. The van der Waals surface area contributed by atoms with E-state index >= 15 is 0 Å². The lowest BCUT2D eigenvalue weighted by Crippen LogP contribution is -2.36. The Hall–Kier alpha value is -2.54. The second-order valence-corrected chi connectivity index (χ2v) is 9.70. The van der Waals surface area contributed by atoms with Gasteiger partial charge in [0, 0.05) is 19.5 Å². The van der Waals surface area contributed by atoms with Crippen molar-refractivity contribution < 1.29 is 17.9 Å². The summed E-state index contributed by atoms with van der Waals surface area (Å²) in [5.41, 5.74) is 4.06. The molecule has 0 aromatic heterocycles. The standard InChI is InChI=1S/C23H30N2O4S/c1-18-10-11-19(2)22(17-18)29-15-6-5-9-23(26)24-13-16-30(27,28)25-14-12-20-7-3-4-8-21(20)25/h3-4,7-8,10-11,17H,5-6,9,12-16H2,1-2H3,(H,24,26). The number of anilines is 1. The van der Waals surface area contributed by atoms with Gasteiger partial charge in [-0.15, -0.1) is 0 Å². The van der Waals surface area contributed by atoms with Gasteiger partial charge in [0.25, 0.3) is 0 Å². The molecule has 7 heteroatoms. The van der Waals surface area contributed by atoms with Gasteiger partial charge in [0.15, 0.2) is 0 Å². The molecule has 2 aromatic rings. The van der Waals surface area contributed by atoms with Crippen LogP contribution in [0.5, 0.6) is 5.75 Å². The van der Waals surface area contributed by atoms with Crippen LogP contribution in [0.2, 0.25) is 0 Å². The van der Waals surface area contributed by atoms with Crippen LogP contribution >= 0.6 is 0 Å². The molecule has 0 unspecified atom stereocenters. The summed E-state index contributed by atoms with van der Waals surface area (Å²) in [4.78, 5) is 12.0. The van der Waals surface area contributed by atoms with Gasteiger partial charge in [-0.3, -0.25) is 9.10 Å². The first-order valence-corrected chi connectivity index (χ1v) is 12.0. The average molecular weight is 431 g/mol. The zero-order valence-corrected chi connectivity index (χ0v) is 18.5. The second-order valence-electron chi connectivity index (χ2n) is 7.69. The van der Waals surface area contributed by atoms with Crippen molar-refractivity contribution in [3.05, 3.63) is 59.2 Å². The van der Waals surface area contributed by atoms with Crippen LogP contribution in [-0.4, -0.2) is 39.8 Å². The number of ether oxygens (including phenoxy) is 1. The molecule has 1 heterocycles. The number of benzene rings is 2. The van der Waals surface area contributed by atoms with Crippen LogP contribution in [0.3, 0.4) is 0 Å². The number of hydrogen-bond acceptors (Lipinski definition) is 4. The number of nitrogens with zero attached hydrogens (tertiary/aromatic N) is 1. The third-order valence-electron chi connectivity index (χ3n) is 5.26. The van der Waals surface area contributed by atoms with Crippen molar-refractivity contribution in [1.82, 2.24) is 5.32 Å². The molecule has 30 heavy (non-hydrogen) atoms. The van der Waals surface area contributed by atoms with E-state index in [2.05, 4.69) is 11.4 Å². The number of unbranched alkanes of at least 4 members (excludes halogenated alkanes) is 1. The van der Waals surface area contributed by atoms with Gasteiger partial charge >= 0.3 is 0 Å². The van der Waals surface area contributed by atoms with E-state index < -0.39 is 10.0 Å². The average Bonchev–Trinajstić information content (AvgIpc) is 3.15. The highest BCUT2D eigenvalue weighted by Gasteiger charge is 2.28. The van der Waals surface area contributed by atoms with Gasteiger partial charge < -0.3 is 10.1 Å². The third kappa shape index (κ3) is 5.75. The molecule has 0 atom stereocenters. The molecule has 0 fully saturated rings. The predicted molar refractivity (Wildman–Crippen MR) is 120 cm³/mol. The zero-order valence-electron chi connectivity index (χ0n) is 17.7. The first-order chi connectivity index (χ1) is 14.4. The molecule has 0 radical (unpaired) electrons. The van der Waals surface area contributed by atoms with E-state index in [-0.39, 0.29) is 18.2 Å². The molecule has 0 spiro atoms. The highest BCUT2D eigenvalue weighted by Crippen LogP contribution is 2.29. The van der Waals surface area contributed by atoms with Crippen LogP contribution in [0, 0.1) is 13.8 Å². The van der Waals surface area contributed by atoms with Crippen LogP contribution in [0.1, 0.15) is 36.0 Å². The summed E-state index contributed by atoms with van der Waals surface area (Å²) in [5.74, 6) is 0.662. The Morgan fingerprint density at radius 3 is 2.77 bits per heavy atom. The van der Waals surface area contributed by atoms with Crippen molar-refractivity contribution in [2.24, 2.45) is 0 Å². The Labute approximate surface area is 179 Å². The van der Waals surface area contributed by atoms with E-state index in [9.17, 15) is 13.2 Å². The summed E-state index contributed by atoms with van der Waals surface area (Å²) < 4.78 is 32.5. The topological polar surface area (TPSA) is 75.7 Å². The highest BCUT2D eigenvalue weighted by molar-refractivity contribution is 7.92. The quantitative estimate of drug-likeness (QED) is 0.587. The van der Waals surface area contributed by atoms with Crippen molar-refractivity contribution in [1.29, 1.82) is 0 Å². The summed E-state index contributed by atoms with van der Waals surface area (Å²) in [5, 5.41) is 2.73. The van der Waals surface area contributed by atoms with E-state index in [4.69, 9.17) is 4.74 Å². The van der Waals surface area contributed by atoms with Gasteiger partial charge in [0.2, 0.25) is 15.9 Å². The molecule has 0 saturated carbocycles. The SMILES string of the molecule is Cc1ccc(C)c(OCCCCC(=O)NCCS(=O)(=O)N2CCc3ccccc32)c1. The number of aryl methyl sites for hydroxylation is 2. The molecule has 2 aromatic carbocycles. The Morgan fingerprint density at radius 1 is 1.13 bits per heavy atom. The molecular weight excluding hydrogens is 400 g/mol. The lowest BCUT2D eigenvalue weighted by Gasteiger charge is -2.19. The van der Waals surface area contributed by atoms with Crippen molar-refractivity contribution in [3.8, 4) is 5.75 Å².